The maximum atomic E-state index is 11.9. The fourth-order valence-electron chi connectivity index (χ4n) is 7.09. The maximum absolute atomic E-state index is 11.9. The van der Waals surface area contributed by atoms with Crippen LogP contribution in [0, 0.1) is 12.8 Å². The molecule has 0 spiro atoms. The van der Waals surface area contributed by atoms with E-state index in [9.17, 15) is 4.79 Å². The highest BCUT2D eigenvalue weighted by molar-refractivity contribution is 5.92. The van der Waals surface area contributed by atoms with E-state index in [4.69, 9.17) is 4.98 Å². The second kappa shape index (κ2) is 9.14. The van der Waals surface area contributed by atoms with Crippen LogP contribution in [0.3, 0.4) is 0 Å². The second-order valence-electron chi connectivity index (χ2n) is 11.1. The summed E-state index contributed by atoms with van der Waals surface area (Å²) in [5.74, 6) is 1.58. The number of hydrogen-bond acceptors (Lipinski definition) is 6. The van der Waals surface area contributed by atoms with Crippen molar-refractivity contribution in [1.82, 2.24) is 14.9 Å². The lowest BCUT2D eigenvalue weighted by Gasteiger charge is -2.45. The molecule has 0 radical (unpaired) electrons. The number of aryl methyl sites for hydroxylation is 2. The first-order chi connectivity index (χ1) is 18.1. The van der Waals surface area contributed by atoms with Crippen molar-refractivity contribution in [2.45, 2.75) is 57.5 Å². The SMILES string of the molecule is Cc1cc(Nc2nccc(-c3ccc4c(c3)CCCC(=O)N4)n2)ccc1N1CCN2C(C1)[C@H]1CC[C@@H]2C1. The van der Waals surface area contributed by atoms with Gasteiger partial charge in [0.1, 0.15) is 0 Å². The van der Waals surface area contributed by atoms with Crippen LogP contribution in [0.1, 0.15) is 43.2 Å². The standard InChI is InChI=1S/C30H34N6O/c1-19-15-23(7-10-27(19)35-13-14-36-24-8-5-22(17-24)28(36)18-35)32-30-31-12-11-26(34-30)21-6-9-25-20(16-21)3-2-4-29(37)33-25/h6-7,9-12,15-16,22,24,28H,2-5,8,13-14,17-18H2,1H3,(H,33,37)(H,31,32,34)/t22-,24+,28?/m0/s1. The van der Waals surface area contributed by atoms with Crippen LogP contribution >= 0.6 is 0 Å². The number of carbonyl (C=O) groups excluding carboxylic acids is 1. The van der Waals surface area contributed by atoms with E-state index < -0.39 is 0 Å². The molecule has 37 heavy (non-hydrogen) atoms. The Balaban J connectivity index is 1.07. The minimum absolute atomic E-state index is 0.0918. The molecule has 7 rings (SSSR count). The highest BCUT2D eigenvalue weighted by atomic mass is 16.1. The Morgan fingerprint density at radius 1 is 1.05 bits per heavy atom. The third-order valence-electron chi connectivity index (χ3n) is 8.89. The van der Waals surface area contributed by atoms with Crippen LogP contribution < -0.4 is 15.5 Å². The quantitative estimate of drug-likeness (QED) is 0.523. The molecule has 2 saturated heterocycles. The van der Waals surface area contributed by atoms with Gasteiger partial charge in [0.2, 0.25) is 11.9 Å². The van der Waals surface area contributed by atoms with Crippen molar-refractivity contribution in [2.75, 3.05) is 35.2 Å². The fourth-order valence-corrected chi connectivity index (χ4v) is 7.09. The van der Waals surface area contributed by atoms with Crippen LogP contribution in [-0.2, 0) is 11.2 Å². The summed E-state index contributed by atoms with van der Waals surface area (Å²) in [6.45, 7) is 5.67. The Labute approximate surface area is 218 Å². The Bertz CT molecular complexity index is 1360. The largest absolute Gasteiger partial charge is 0.368 e. The van der Waals surface area contributed by atoms with Gasteiger partial charge >= 0.3 is 0 Å². The summed E-state index contributed by atoms with van der Waals surface area (Å²) in [6, 6.07) is 16.3. The molecule has 4 aliphatic rings. The van der Waals surface area contributed by atoms with Gasteiger partial charge in [0.05, 0.1) is 5.69 Å². The first kappa shape index (κ1) is 22.7. The number of carbonyl (C=O) groups is 1. The Kier molecular flexibility index (Phi) is 5.61. The summed E-state index contributed by atoms with van der Waals surface area (Å²) in [7, 11) is 0. The van der Waals surface area contributed by atoms with Gasteiger partial charge in [-0.2, -0.15) is 0 Å². The number of fused-ring (bicyclic) bond motifs is 6. The Morgan fingerprint density at radius 3 is 2.92 bits per heavy atom. The Morgan fingerprint density at radius 2 is 2.00 bits per heavy atom. The minimum Gasteiger partial charge on any atom is -0.368 e. The molecule has 2 bridgehead atoms. The van der Waals surface area contributed by atoms with Gasteiger partial charge in [0, 0.05) is 67.0 Å². The van der Waals surface area contributed by atoms with Crippen LogP contribution in [0.15, 0.2) is 48.7 Å². The topological polar surface area (TPSA) is 73.4 Å². The molecular weight excluding hydrogens is 460 g/mol. The molecule has 3 aromatic rings. The highest BCUT2D eigenvalue weighted by Crippen LogP contribution is 2.44. The highest BCUT2D eigenvalue weighted by Gasteiger charge is 2.47. The summed E-state index contributed by atoms with van der Waals surface area (Å²) in [5, 5.41) is 6.42. The van der Waals surface area contributed by atoms with Crippen LogP contribution in [0.5, 0.6) is 0 Å². The number of piperidine rings is 1. The van der Waals surface area contributed by atoms with Gasteiger partial charge in [0.25, 0.3) is 0 Å². The van der Waals surface area contributed by atoms with Crippen molar-refractivity contribution in [3.63, 3.8) is 0 Å². The van der Waals surface area contributed by atoms with E-state index in [0.717, 1.165) is 72.1 Å². The van der Waals surface area contributed by atoms with Crippen molar-refractivity contribution in [3.05, 3.63) is 59.8 Å². The monoisotopic (exact) mass is 494 g/mol. The lowest BCUT2D eigenvalue weighted by Crippen LogP contribution is -2.55. The van der Waals surface area contributed by atoms with E-state index >= 15 is 0 Å². The molecule has 1 aromatic heterocycles. The number of anilines is 4. The maximum Gasteiger partial charge on any atom is 0.227 e. The molecule has 3 atom stereocenters. The van der Waals surface area contributed by atoms with Crippen LogP contribution in [0.2, 0.25) is 0 Å². The third-order valence-corrected chi connectivity index (χ3v) is 8.89. The van der Waals surface area contributed by atoms with Gasteiger partial charge in [-0.25, -0.2) is 9.97 Å². The molecule has 7 nitrogen and oxygen atoms in total. The molecule has 3 fully saturated rings. The summed E-state index contributed by atoms with van der Waals surface area (Å²) < 4.78 is 0. The molecule has 3 aliphatic heterocycles. The van der Waals surface area contributed by atoms with E-state index in [-0.39, 0.29) is 5.91 Å². The molecule has 1 aliphatic carbocycles. The molecule has 2 aromatic carbocycles. The van der Waals surface area contributed by atoms with E-state index in [2.05, 4.69) is 56.6 Å². The van der Waals surface area contributed by atoms with Gasteiger partial charge in [-0.3, -0.25) is 9.69 Å². The number of hydrogen-bond donors (Lipinski definition) is 2. The van der Waals surface area contributed by atoms with Crippen LogP contribution in [0.25, 0.3) is 11.3 Å². The normalized spacial score (nSPS) is 24.8. The number of amides is 1. The first-order valence-electron chi connectivity index (χ1n) is 13.8. The number of rotatable bonds is 4. The molecule has 190 valence electrons. The molecule has 4 heterocycles. The van der Waals surface area contributed by atoms with Crippen molar-refractivity contribution in [3.8, 4) is 11.3 Å². The molecular formula is C30H34N6O. The van der Waals surface area contributed by atoms with Gasteiger partial charge in [-0.1, -0.05) is 6.07 Å². The third kappa shape index (κ3) is 4.25. The first-order valence-corrected chi connectivity index (χ1v) is 13.8. The van der Waals surface area contributed by atoms with Gasteiger partial charge in [0.15, 0.2) is 0 Å². The average Bonchev–Trinajstić information content (AvgIpc) is 3.47. The average molecular weight is 495 g/mol. The van der Waals surface area contributed by atoms with E-state index in [1.807, 2.05) is 18.2 Å². The molecule has 1 amide bonds. The predicted octanol–water partition coefficient (Wildman–Crippen LogP) is 5.14. The molecule has 1 saturated carbocycles. The van der Waals surface area contributed by atoms with E-state index in [1.54, 1.807) is 6.20 Å². The predicted molar refractivity (Wildman–Crippen MR) is 147 cm³/mol. The molecule has 7 heteroatoms. The van der Waals surface area contributed by atoms with Crippen molar-refractivity contribution in [2.24, 2.45) is 5.92 Å². The summed E-state index contributed by atoms with van der Waals surface area (Å²) >= 11 is 0. The summed E-state index contributed by atoms with van der Waals surface area (Å²) in [5.41, 5.74) is 7.61. The van der Waals surface area contributed by atoms with Crippen molar-refractivity contribution >= 4 is 28.9 Å². The van der Waals surface area contributed by atoms with Crippen LogP contribution in [-0.4, -0.2) is 52.5 Å². The van der Waals surface area contributed by atoms with Crippen LogP contribution in [0.4, 0.5) is 23.0 Å². The zero-order valence-electron chi connectivity index (χ0n) is 21.4. The fraction of sp³-hybridized carbons (Fsp3) is 0.433. The van der Waals surface area contributed by atoms with E-state index in [0.29, 0.717) is 12.4 Å². The lowest BCUT2D eigenvalue weighted by atomic mass is 9.96. The Hall–Kier alpha value is -3.45. The number of nitrogens with zero attached hydrogens (tertiary/aromatic N) is 4. The summed E-state index contributed by atoms with van der Waals surface area (Å²) in [6.07, 6.45) is 8.38. The van der Waals surface area contributed by atoms with E-state index in [1.165, 1.54) is 37.1 Å². The lowest BCUT2D eigenvalue weighted by molar-refractivity contribution is -0.116. The number of benzene rings is 2. The molecule has 1 unspecified atom stereocenters. The zero-order chi connectivity index (χ0) is 24.9. The van der Waals surface area contributed by atoms with Gasteiger partial charge in [-0.05, 0) is 92.5 Å². The number of nitrogens with one attached hydrogen (secondary N) is 2. The number of piperazine rings is 1. The smallest absolute Gasteiger partial charge is 0.227 e. The zero-order valence-corrected chi connectivity index (χ0v) is 21.4. The van der Waals surface area contributed by atoms with Gasteiger partial charge in [-0.15, -0.1) is 0 Å². The minimum atomic E-state index is 0.0918. The second-order valence-corrected chi connectivity index (χ2v) is 11.1. The van der Waals surface area contributed by atoms with Gasteiger partial charge < -0.3 is 15.5 Å². The molecule has 2 N–H and O–H groups in total. The van der Waals surface area contributed by atoms with Crippen molar-refractivity contribution in [1.29, 1.82) is 0 Å². The number of aromatic nitrogens is 2. The summed E-state index contributed by atoms with van der Waals surface area (Å²) in [4.78, 5) is 26.5. The van der Waals surface area contributed by atoms with Crippen molar-refractivity contribution < 1.29 is 4.79 Å².